The van der Waals surface area contributed by atoms with E-state index in [0.717, 1.165) is 36.3 Å². The van der Waals surface area contributed by atoms with Crippen molar-refractivity contribution in [1.29, 1.82) is 0 Å². The molecule has 4 aliphatic carbocycles. The molecule has 1 saturated heterocycles. The van der Waals surface area contributed by atoms with E-state index >= 15 is 0 Å². The number of hydrogen-bond acceptors (Lipinski definition) is 2. The second-order valence-electron chi connectivity index (χ2n) is 7.25. The highest BCUT2D eigenvalue weighted by atomic mass is 79.9. The Bertz CT molecular complexity index is 710. The van der Waals surface area contributed by atoms with Gasteiger partial charge < -0.3 is 0 Å². The lowest BCUT2D eigenvalue weighted by molar-refractivity contribution is -0.129. The average molecular weight is 382 g/mol. The molecule has 0 radical (unpaired) electrons. The van der Waals surface area contributed by atoms with E-state index in [0.29, 0.717) is 11.8 Å². The second-order valence-corrected chi connectivity index (χ2v) is 8.17. The maximum absolute atomic E-state index is 14.3. The maximum Gasteiger partial charge on any atom is 0.238 e. The fourth-order valence-corrected chi connectivity index (χ4v) is 5.91. The van der Waals surface area contributed by atoms with Gasteiger partial charge in [0, 0.05) is 4.47 Å². The quantitative estimate of drug-likeness (QED) is 0.698. The summed E-state index contributed by atoms with van der Waals surface area (Å²) in [7, 11) is 0. The number of carbonyl (C=O) groups is 2. The van der Waals surface area contributed by atoms with Crippen molar-refractivity contribution in [3.8, 4) is 0 Å². The second kappa shape index (κ2) is 4.41. The molecule has 4 saturated carbocycles. The van der Waals surface area contributed by atoms with E-state index in [1.165, 1.54) is 0 Å². The van der Waals surface area contributed by atoms with Gasteiger partial charge in [0.15, 0.2) is 11.6 Å². The van der Waals surface area contributed by atoms with E-state index in [1.54, 1.807) is 0 Å². The molecule has 1 aliphatic heterocycles. The van der Waals surface area contributed by atoms with Crippen LogP contribution in [0, 0.1) is 47.1 Å². The number of rotatable bonds is 1. The molecule has 23 heavy (non-hydrogen) atoms. The van der Waals surface area contributed by atoms with Gasteiger partial charge in [-0.15, -0.1) is 0 Å². The van der Waals surface area contributed by atoms with Gasteiger partial charge in [-0.3, -0.25) is 9.59 Å². The van der Waals surface area contributed by atoms with Gasteiger partial charge in [-0.1, -0.05) is 15.9 Å². The third-order valence-corrected chi connectivity index (χ3v) is 6.81. The number of carbonyl (C=O) groups excluding carboxylic acids is 2. The van der Waals surface area contributed by atoms with E-state index in [-0.39, 0.29) is 28.1 Å². The molecule has 3 nitrogen and oxygen atoms in total. The molecule has 2 bridgehead atoms. The van der Waals surface area contributed by atoms with Crippen LogP contribution in [0.3, 0.4) is 0 Å². The van der Waals surface area contributed by atoms with Crippen LogP contribution in [0.15, 0.2) is 16.6 Å². The number of amides is 2. The van der Waals surface area contributed by atoms with Crippen molar-refractivity contribution in [3.05, 3.63) is 28.2 Å². The summed E-state index contributed by atoms with van der Waals surface area (Å²) in [6.45, 7) is 0. The fraction of sp³-hybridized carbons (Fsp3) is 0.529. The first-order valence-electron chi connectivity index (χ1n) is 8.01. The summed E-state index contributed by atoms with van der Waals surface area (Å²) in [6, 6.07) is 2.18. The zero-order valence-corrected chi connectivity index (χ0v) is 13.7. The SMILES string of the molecule is O=C1[C@@H]2[C@@H]3CC[C@@H]([C@H]4C[C@H]43)[C@@H]2C(=O)N1c1c(F)cc(Br)cc1F. The summed E-state index contributed by atoms with van der Waals surface area (Å²) in [6.07, 6.45) is 3.04. The number of imide groups is 1. The summed E-state index contributed by atoms with van der Waals surface area (Å²) < 4.78 is 28.8. The van der Waals surface area contributed by atoms with Crippen LogP contribution < -0.4 is 4.90 Å². The molecule has 120 valence electrons. The Morgan fingerprint density at radius 3 is 1.87 bits per heavy atom. The lowest BCUT2D eigenvalue weighted by Gasteiger charge is -2.42. The van der Waals surface area contributed by atoms with Crippen molar-refractivity contribution >= 4 is 33.4 Å². The molecule has 0 unspecified atom stereocenters. The molecule has 2 amide bonds. The van der Waals surface area contributed by atoms with Crippen molar-refractivity contribution in [2.45, 2.75) is 19.3 Å². The minimum absolute atomic E-state index is 0.220. The third kappa shape index (κ3) is 1.68. The molecular formula is C17H14BrF2NO2. The first-order chi connectivity index (χ1) is 11.0. The molecule has 1 aromatic rings. The lowest BCUT2D eigenvalue weighted by Crippen LogP contribution is -2.43. The first-order valence-corrected chi connectivity index (χ1v) is 8.80. The molecule has 0 aromatic heterocycles. The fourth-order valence-electron chi connectivity index (χ4n) is 5.51. The molecule has 0 N–H and O–H groups in total. The van der Waals surface area contributed by atoms with Crippen molar-refractivity contribution in [2.24, 2.45) is 35.5 Å². The molecule has 1 aromatic carbocycles. The van der Waals surface area contributed by atoms with Crippen LogP contribution in [-0.2, 0) is 9.59 Å². The summed E-state index contributed by atoms with van der Waals surface area (Å²) in [5.74, 6) is -1.77. The molecule has 0 spiro atoms. The zero-order valence-electron chi connectivity index (χ0n) is 12.1. The largest absolute Gasteiger partial charge is 0.274 e. The minimum atomic E-state index is -0.880. The summed E-state index contributed by atoms with van der Waals surface area (Å²) >= 11 is 3.02. The standard InChI is InChI=1S/C17H14BrF2NO2/c18-6-3-11(19)15(12(20)4-6)21-16(22)13-7-1-2-8(10-5-9(7)10)14(13)17(21)23/h3-4,7-10,13-14H,1-2,5H2/t7-,8+,9+,10-,13-,14+. The topological polar surface area (TPSA) is 37.4 Å². The van der Waals surface area contributed by atoms with E-state index in [2.05, 4.69) is 15.9 Å². The predicted molar refractivity (Wildman–Crippen MR) is 81.3 cm³/mol. The van der Waals surface area contributed by atoms with Crippen molar-refractivity contribution < 1.29 is 18.4 Å². The Hall–Kier alpha value is -1.30. The van der Waals surface area contributed by atoms with E-state index in [9.17, 15) is 18.4 Å². The molecule has 6 atom stereocenters. The van der Waals surface area contributed by atoms with Gasteiger partial charge in [0.2, 0.25) is 11.8 Å². The minimum Gasteiger partial charge on any atom is -0.274 e. The van der Waals surface area contributed by atoms with Crippen LogP contribution >= 0.6 is 15.9 Å². The van der Waals surface area contributed by atoms with Crippen molar-refractivity contribution in [3.63, 3.8) is 0 Å². The molecular weight excluding hydrogens is 368 g/mol. The Morgan fingerprint density at radius 1 is 0.913 bits per heavy atom. The van der Waals surface area contributed by atoms with E-state index in [4.69, 9.17) is 0 Å². The van der Waals surface area contributed by atoms with Crippen molar-refractivity contribution in [1.82, 2.24) is 0 Å². The Morgan fingerprint density at radius 2 is 1.39 bits per heavy atom. The number of hydrogen-bond donors (Lipinski definition) is 0. The summed E-state index contributed by atoms with van der Waals surface area (Å²) in [5.41, 5.74) is -0.509. The van der Waals surface area contributed by atoms with Crippen LogP contribution in [0.2, 0.25) is 0 Å². The van der Waals surface area contributed by atoms with Crippen LogP contribution in [0.5, 0.6) is 0 Å². The molecule has 5 fully saturated rings. The number of halogens is 3. The molecule has 6 rings (SSSR count). The highest BCUT2D eigenvalue weighted by Crippen LogP contribution is 2.68. The first kappa shape index (κ1) is 14.1. The average Bonchev–Trinajstić information content (AvgIpc) is 3.26. The van der Waals surface area contributed by atoms with Crippen LogP contribution in [-0.4, -0.2) is 11.8 Å². The lowest BCUT2D eigenvalue weighted by atomic mass is 9.59. The predicted octanol–water partition coefficient (Wildman–Crippen LogP) is 3.51. The third-order valence-electron chi connectivity index (χ3n) is 6.35. The highest BCUT2D eigenvalue weighted by molar-refractivity contribution is 9.10. The highest BCUT2D eigenvalue weighted by Gasteiger charge is 2.68. The van der Waals surface area contributed by atoms with E-state index in [1.807, 2.05) is 0 Å². The summed E-state index contributed by atoms with van der Waals surface area (Å²) in [4.78, 5) is 26.5. The zero-order chi connectivity index (χ0) is 16.0. The maximum atomic E-state index is 14.3. The summed E-state index contributed by atoms with van der Waals surface area (Å²) in [5, 5.41) is 0. The van der Waals surface area contributed by atoms with Gasteiger partial charge >= 0.3 is 0 Å². The Labute approximate surface area is 140 Å². The van der Waals surface area contributed by atoms with Crippen LogP contribution in [0.1, 0.15) is 19.3 Å². The Balaban J connectivity index is 1.62. The van der Waals surface area contributed by atoms with Gasteiger partial charge in [0.05, 0.1) is 11.8 Å². The Kier molecular flexibility index (Phi) is 2.70. The number of fused-ring (bicyclic) bond motifs is 1. The molecule has 6 heteroatoms. The van der Waals surface area contributed by atoms with Crippen LogP contribution in [0.4, 0.5) is 14.5 Å². The number of nitrogens with zero attached hydrogens (tertiary/aromatic N) is 1. The number of benzene rings is 1. The van der Waals surface area contributed by atoms with Gasteiger partial charge in [-0.25, -0.2) is 13.7 Å². The van der Waals surface area contributed by atoms with E-state index < -0.39 is 29.1 Å². The van der Waals surface area contributed by atoms with Gasteiger partial charge in [-0.05, 0) is 55.1 Å². The van der Waals surface area contributed by atoms with Gasteiger partial charge in [0.25, 0.3) is 0 Å². The van der Waals surface area contributed by atoms with Crippen molar-refractivity contribution in [2.75, 3.05) is 4.90 Å². The van der Waals surface area contributed by atoms with Gasteiger partial charge in [0.1, 0.15) is 5.69 Å². The van der Waals surface area contributed by atoms with Crippen LogP contribution in [0.25, 0.3) is 0 Å². The molecule has 5 aliphatic rings. The van der Waals surface area contributed by atoms with Gasteiger partial charge in [-0.2, -0.15) is 0 Å². The monoisotopic (exact) mass is 381 g/mol. The smallest absolute Gasteiger partial charge is 0.238 e. The normalized spacial score (nSPS) is 40.4. The molecule has 1 heterocycles. The number of anilines is 1.